The van der Waals surface area contributed by atoms with E-state index >= 15 is 0 Å². The van der Waals surface area contributed by atoms with Crippen LogP contribution >= 0.6 is 0 Å². The molecule has 0 saturated heterocycles. The van der Waals surface area contributed by atoms with E-state index in [1.54, 1.807) is 18.2 Å². The van der Waals surface area contributed by atoms with Gasteiger partial charge in [0.15, 0.2) is 5.78 Å². The van der Waals surface area contributed by atoms with E-state index in [2.05, 4.69) is 16.4 Å². The molecule has 124 valence electrons. The van der Waals surface area contributed by atoms with E-state index in [9.17, 15) is 9.18 Å². The van der Waals surface area contributed by atoms with Gasteiger partial charge in [0.1, 0.15) is 12.4 Å². The lowest BCUT2D eigenvalue weighted by Crippen LogP contribution is -2.20. The first-order chi connectivity index (χ1) is 11.6. The third-order valence-corrected chi connectivity index (χ3v) is 3.95. The molecule has 4 nitrogen and oxygen atoms in total. The zero-order valence-corrected chi connectivity index (χ0v) is 13.5. The summed E-state index contributed by atoms with van der Waals surface area (Å²) in [5, 5.41) is 3.26. The van der Waals surface area contributed by atoms with Gasteiger partial charge in [-0.3, -0.25) is 4.79 Å². The summed E-state index contributed by atoms with van der Waals surface area (Å²) < 4.78 is 19.6. The zero-order valence-electron chi connectivity index (χ0n) is 13.5. The van der Waals surface area contributed by atoms with Gasteiger partial charge in [0.2, 0.25) is 5.88 Å². The molecule has 0 fully saturated rings. The Hall–Kier alpha value is -2.53. The van der Waals surface area contributed by atoms with Crippen LogP contribution in [0.25, 0.3) is 5.57 Å². The van der Waals surface area contributed by atoms with Crippen LogP contribution in [0.4, 0.5) is 4.39 Å². The fourth-order valence-electron chi connectivity index (χ4n) is 2.56. The molecule has 5 heteroatoms. The first-order valence-electron chi connectivity index (χ1n) is 7.93. The molecule has 0 spiro atoms. The van der Waals surface area contributed by atoms with Crippen molar-refractivity contribution in [1.29, 1.82) is 0 Å². The molecule has 0 unspecified atom stereocenters. The second-order valence-electron chi connectivity index (χ2n) is 5.70. The number of pyridine rings is 1. The molecule has 1 aromatic carbocycles. The van der Waals surface area contributed by atoms with E-state index < -0.39 is 5.82 Å². The van der Waals surface area contributed by atoms with E-state index in [-0.39, 0.29) is 12.4 Å². The van der Waals surface area contributed by atoms with Crippen LogP contribution in [0, 0.1) is 5.82 Å². The van der Waals surface area contributed by atoms with Crippen molar-refractivity contribution >= 4 is 11.4 Å². The number of ketones is 1. The van der Waals surface area contributed by atoms with Gasteiger partial charge in [-0.05, 0) is 37.6 Å². The number of Topliss-reactive ketones (excluding diaryl/α,β-unsaturated/α-hetero) is 1. The van der Waals surface area contributed by atoms with Gasteiger partial charge in [-0.15, -0.1) is 0 Å². The Morgan fingerprint density at radius 2 is 2.21 bits per heavy atom. The number of carbonyl (C=O) groups excluding carboxylic acids is 1. The summed E-state index contributed by atoms with van der Waals surface area (Å²) in [4.78, 5) is 15.8. The monoisotopic (exact) mass is 326 g/mol. The van der Waals surface area contributed by atoms with Crippen molar-refractivity contribution in [3.05, 3.63) is 65.1 Å². The Bertz CT molecular complexity index is 787. The summed E-state index contributed by atoms with van der Waals surface area (Å²) in [5.41, 5.74) is 2.83. The summed E-state index contributed by atoms with van der Waals surface area (Å²) in [6.07, 6.45) is 3.05. The number of nitrogens with one attached hydrogen (secondary N) is 1. The van der Waals surface area contributed by atoms with Gasteiger partial charge < -0.3 is 10.1 Å². The first kappa shape index (κ1) is 16.3. The quantitative estimate of drug-likeness (QED) is 0.856. The molecule has 1 aromatic heterocycles. The maximum atomic E-state index is 14.0. The molecule has 3 rings (SSSR count). The van der Waals surface area contributed by atoms with Crippen molar-refractivity contribution in [2.24, 2.45) is 0 Å². The lowest BCUT2D eigenvalue weighted by molar-refractivity contribution is 0.101. The third kappa shape index (κ3) is 3.86. The van der Waals surface area contributed by atoms with Gasteiger partial charge in [0, 0.05) is 23.7 Å². The normalized spacial score (nSPS) is 14.2. The van der Waals surface area contributed by atoms with Crippen molar-refractivity contribution in [3.63, 3.8) is 0 Å². The summed E-state index contributed by atoms with van der Waals surface area (Å²) >= 11 is 0. The van der Waals surface area contributed by atoms with Crippen molar-refractivity contribution in [1.82, 2.24) is 10.3 Å². The number of rotatable bonds is 5. The van der Waals surface area contributed by atoms with Gasteiger partial charge in [-0.1, -0.05) is 24.3 Å². The molecule has 1 N–H and O–H groups in total. The number of ether oxygens (including phenoxy) is 1. The lowest BCUT2D eigenvalue weighted by atomic mass is 10.1. The molecule has 2 aromatic rings. The van der Waals surface area contributed by atoms with Gasteiger partial charge >= 0.3 is 0 Å². The van der Waals surface area contributed by atoms with E-state index in [1.165, 1.54) is 18.6 Å². The lowest BCUT2D eigenvalue weighted by Gasteiger charge is -2.14. The van der Waals surface area contributed by atoms with Crippen LogP contribution in [0.15, 0.2) is 42.5 Å². The van der Waals surface area contributed by atoms with Gasteiger partial charge in [-0.2, -0.15) is 0 Å². The molecule has 2 heterocycles. The molecule has 0 saturated carbocycles. The highest BCUT2D eigenvalue weighted by molar-refractivity contribution is 5.94. The number of carbonyl (C=O) groups is 1. The average Bonchev–Trinajstić information content (AvgIpc) is 2.61. The third-order valence-electron chi connectivity index (χ3n) is 3.95. The molecule has 0 amide bonds. The molecule has 0 atom stereocenters. The van der Waals surface area contributed by atoms with Crippen molar-refractivity contribution < 1.29 is 13.9 Å². The molecule has 0 aliphatic carbocycles. The Morgan fingerprint density at radius 3 is 2.92 bits per heavy atom. The minimum Gasteiger partial charge on any atom is -0.473 e. The van der Waals surface area contributed by atoms with Crippen LogP contribution in [0.2, 0.25) is 0 Å². The van der Waals surface area contributed by atoms with Crippen molar-refractivity contribution in [3.8, 4) is 5.88 Å². The largest absolute Gasteiger partial charge is 0.473 e. The molecular weight excluding hydrogens is 307 g/mol. The Balaban J connectivity index is 1.71. The average molecular weight is 326 g/mol. The first-order valence-corrected chi connectivity index (χ1v) is 7.93. The topological polar surface area (TPSA) is 51.2 Å². The number of hydrogen-bond acceptors (Lipinski definition) is 4. The van der Waals surface area contributed by atoms with Crippen LogP contribution in [0.1, 0.15) is 35.0 Å². The summed E-state index contributed by atoms with van der Waals surface area (Å²) in [5.74, 6) is -0.145. The maximum Gasteiger partial charge on any atom is 0.214 e. The number of hydrogen-bond donors (Lipinski definition) is 1. The molecule has 24 heavy (non-hydrogen) atoms. The zero-order chi connectivity index (χ0) is 16.9. The Kier molecular flexibility index (Phi) is 5.01. The number of aromatic nitrogens is 1. The van der Waals surface area contributed by atoms with E-state index in [0.29, 0.717) is 17.0 Å². The predicted octanol–water partition coefficient (Wildman–Crippen LogP) is 3.38. The van der Waals surface area contributed by atoms with Crippen LogP contribution in [-0.4, -0.2) is 23.9 Å². The van der Waals surface area contributed by atoms with Gasteiger partial charge in [-0.25, -0.2) is 9.37 Å². The molecule has 1 aliphatic heterocycles. The second kappa shape index (κ2) is 7.36. The van der Waals surface area contributed by atoms with Crippen LogP contribution in [-0.2, 0) is 6.61 Å². The van der Waals surface area contributed by atoms with E-state index in [1.807, 2.05) is 12.1 Å². The molecule has 1 aliphatic rings. The second-order valence-corrected chi connectivity index (χ2v) is 5.70. The summed E-state index contributed by atoms with van der Waals surface area (Å²) in [6.45, 7) is 3.26. The maximum absolute atomic E-state index is 14.0. The molecule has 0 radical (unpaired) electrons. The van der Waals surface area contributed by atoms with E-state index in [4.69, 9.17) is 4.74 Å². The van der Waals surface area contributed by atoms with Crippen LogP contribution < -0.4 is 10.1 Å². The van der Waals surface area contributed by atoms with Gasteiger partial charge in [0.25, 0.3) is 0 Å². The Labute approximate surface area is 140 Å². The highest BCUT2D eigenvalue weighted by atomic mass is 19.1. The fraction of sp³-hybridized carbons (Fsp3) is 0.263. The highest BCUT2D eigenvalue weighted by Gasteiger charge is 2.10. The van der Waals surface area contributed by atoms with Crippen molar-refractivity contribution in [2.45, 2.75) is 20.0 Å². The fourth-order valence-corrected chi connectivity index (χ4v) is 2.56. The molecular formula is C19H19FN2O2. The Morgan fingerprint density at radius 1 is 1.33 bits per heavy atom. The molecule has 0 bridgehead atoms. The SMILES string of the molecule is CC(=O)c1ccc(COc2cccc(C3=CCNCC3)n2)c(F)c1. The van der Waals surface area contributed by atoms with Crippen molar-refractivity contribution in [2.75, 3.05) is 13.1 Å². The summed E-state index contributed by atoms with van der Waals surface area (Å²) in [7, 11) is 0. The minimum absolute atomic E-state index is 0.0705. The number of nitrogens with zero attached hydrogens (tertiary/aromatic N) is 1. The van der Waals surface area contributed by atoms with Crippen LogP contribution in [0.3, 0.4) is 0 Å². The smallest absolute Gasteiger partial charge is 0.214 e. The predicted molar refractivity (Wildman–Crippen MR) is 90.4 cm³/mol. The highest BCUT2D eigenvalue weighted by Crippen LogP contribution is 2.21. The van der Waals surface area contributed by atoms with E-state index in [0.717, 1.165) is 25.2 Å². The van der Waals surface area contributed by atoms with Crippen LogP contribution in [0.5, 0.6) is 5.88 Å². The minimum atomic E-state index is -0.445. The standard InChI is InChI=1S/C19H19FN2O2/c1-13(23)15-5-6-16(17(20)11-15)12-24-19-4-2-3-18(22-19)14-7-9-21-10-8-14/h2-7,11,21H,8-10,12H2,1H3. The summed E-state index contributed by atoms with van der Waals surface area (Å²) in [6, 6.07) is 10.0. The number of benzene rings is 1. The van der Waals surface area contributed by atoms with Gasteiger partial charge in [0.05, 0.1) is 5.69 Å². The number of halogens is 1.